The molecule has 172 valence electrons. The number of hydrogen-bond acceptors (Lipinski definition) is 6. The molecule has 0 bridgehead atoms. The largest absolute Gasteiger partial charge is 0.493 e. The minimum Gasteiger partial charge on any atom is -0.493 e. The first-order valence-corrected chi connectivity index (χ1v) is 11.7. The van der Waals surface area contributed by atoms with Crippen LogP contribution in [0.3, 0.4) is 0 Å². The number of halogens is 1. The topological polar surface area (TPSA) is 73.3 Å². The molecule has 0 aliphatic rings. The zero-order valence-corrected chi connectivity index (χ0v) is 20.0. The van der Waals surface area contributed by atoms with Crippen LogP contribution in [-0.2, 0) is 17.8 Å². The molecule has 6 nitrogen and oxygen atoms in total. The summed E-state index contributed by atoms with van der Waals surface area (Å²) in [7, 11) is 1.59. The van der Waals surface area contributed by atoms with Crippen molar-refractivity contribution in [1.29, 1.82) is 0 Å². The Hall–Kier alpha value is -3.68. The summed E-state index contributed by atoms with van der Waals surface area (Å²) in [4.78, 5) is 12.3. The summed E-state index contributed by atoms with van der Waals surface area (Å²) < 4.78 is 11.3. The second-order valence-electron chi connectivity index (χ2n) is 7.31. The highest BCUT2D eigenvalue weighted by Crippen LogP contribution is 2.29. The van der Waals surface area contributed by atoms with Crippen molar-refractivity contribution in [3.05, 3.63) is 106 Å². The number of methoxy groups -OCH3 is 1. The number of rotatable bonds is 9. The highest BCUT2D eigenvalue weighted by atomic mass is 35.5. The number of carbonyl (C=O) groups excluding carboxylic acids is 1. The average Bonchev–Trinajstić information content (AvgIpc) is 3.30. The van der Waals surface area contributed by atoms with Crippen molar-refractivity contribution >= 4 is 40.1 Å². The molecule has 0 aliphatic heterocycles. The molecule has 0 saturated heterocycles. The van der Waals surface area contributed by atoms with Gasteiger partial charge >= 0.3 is 0 Å². The number of nitrogens with zero attached hydrogens (tertiary/aromatic N) is 2. The molecule has 1 N–H and O–H groups in total. The lowest BCUT2D eigenvalue weighted by molar-refractivity contribution is -0.111. The lowest BCUT2D eigenvalue weighted by Crippen LogP contribution is -2.07. The number of benzene rings is 3. The summed E-state index contributed by atoms with van der Waals surface area (Å²) in [5, 5.41) is 12.9. The van der Waals surface area contributed by atoms with Crippen molar-refractivity contribution in [3.63, 3.8) is 0 Å². The number of aromatic nitrogens is 2. The van der Waals surface area contributed by atoms with Crippen LogP contribution in [0.15, 0.2) is 78.9 Å². The van der Waals surface area contributed by atoms with Gasteiger partial charge in [-0.3, -0.25) is 10.1 Å². The van der Waals surface area contributed by atoms with E-state index in [9.17, 15) is 4.79 Å². The number of amides is 1. The van der Waals surface area contributed by atoms with Crippen LogP contribution in [0.1, 0.15) is 21.7 Å². The van der Waals surface area contributed by atoms with Gasteiger partial charge in [0, 0.05) is 17.5 Å². The summed E-state index contributed by atoms with van der Waals surface area (Å²) in [6.07, 6.45) is 3.77. The Morgan fingerprint density at radius 3 is 2.56 bits per heavy atom. The van der Waals surface area contributed by atoms with E-state index in [0.717, 1.165) is 21.7 Å². The number of hydrogen-bond donors (Lipinski definition) is 1. The monoisotopic (exact) mass is 491 g/mol. The van der Waals surface area contributed by atoms with Crippen LogP contribution in [0.5, 0.6) is 11.5 Å². The molecule has 1 heterocycles. The third kappa shape index (κ3) is 6.66. The average molecular weight is 492 g/mol. The normalized spacial score (nSPS) is 10.9. The molecule has 3 aromatic carbocycles. The van der Waals surface area contributed by atoms with E-state index in [1.54, 1.807) is 13.2 Å². The summed E-state index contributed by atoms with van der Waals surface area (Å²) in [6.45, 7) is 0.441. The van der Waals surface area contributed by atoms with Gasteiger partial charge in [0.1, 0.15) is 11.6 Å². The van der Waals surface area contributed by atoms with Crippen LogP contribution < -0.4 is 14.8 Å². The van der Waals surface area contributed by atoms with Crippen LogP contribution in [0.4, 0.5) is 5.13 Å². The van der Waals surface area contributed by atoms with Crippen molar-refractivity contribution in [1.82, 2.24) is 10.2 Å². The van der Waals surface area contributed by atoms with E-state index in [-0.39, 0.29) is 5.91 Å². The summed E-state index contributed by atoms with van der Waals surface area (Å²) in [5.74, 6) is 0.932. The van der Waals surface area contributed by atoms with E-state index in [4.69, 9.17) is 21.1 Å². The predicted octanol–water partition coefficient (Wildman–Crippen LogP) is 6.02. The van der Waals surface area contributed by atoms with E-state index < -0.39 is 0 Å². The summed E-state index contributed by atoms with van der Waals surface area (Å²) in [5.41, 5.74) is 2.95. The molecule has 1 amide bonds. The molecule has 4 rings (SSSR count). The van der Waals surface area contributed by atoms with Crippen molar-refractivity contribution < 1.29 is 14.3 Å². The van der Waals surface area contributed by atoms with Gasteiger partial charge in [0.15, 0.2) is 11.5 Å². The van der Waals surface area contributed by atoms with Crippen LogP contribution in [0.25, 0.3) is 6.08 Å². The number of anilines is 1. The molecule has 8 heteroatoms. The molecular weight excluding hydrogens is 470 g/mol. The molecule has 1 aromatic heterocycles. The quantitative estimate of drug-likeness (QED) is 0.290. The van der Waals surface area contributed by atoms with Gasteiger partial charge in [0.05, 0.1) is 7.11 Å². The SMILES string of the molecule is COc1cc(/C=C/C(=O)Nc2nnc(Cc3ccc(Cl)cc3)s2)ccc1OCc1ccccc1. The fourth-order valence-electron chi connectivity index (χ4n) is 3.11. The molecule has 0 atom stereocenters. The van der Waals surface area contributed by atoms with E-state index >= 15 is 0 Å². The number of nitrogens with one attached hydrogen (secondary N) is 1. The fraction of sp³-hybridized carbons (Fsp3) is 0.115. The third-order valence-electron chi connectivity index (χ3n) is 4.82. The molecule has 34 heavy (non-hydrogen) atoms. The van der Waals surface area contributed by atoms with Crippen LogP contribution >= 0.6 is 22.9 Å². The minimum atomic E-state index is -0.294. The number of ether oxygens (including phenoxy) is 2. The van der Waals surface area contributed by atoms with Crippen molar-refractivity contribution in [2.45, 2.75) is 13.0 Å². The molecule has 0 fully saturated rings. The second kappa shape index (κ2) is 11.4. The molecule has 0 aliphatic carbocycles. The van der Waals surface area contributed by atoms with Crippen molar-refractivity contribution in [3.8, 4) is 11.5 Å². The lowest BCUT2D eigenvalue weighted by Gasteiger charge is -2.11. The maximum absolute atomic E-state index is 12.3. The van der Waals surface area contributed by atoms with Crippen molar-refractivity contribution in [2.24, 2.45) is 0 Å². The smallest absolute Gasteiger partial charge is 0.250 e. The fourth-order valence-corrected chi connectivity index (χ4v) is 4.02. The van der Waals surface area contributed by atoms with E-state index in [1.807, 2.05) is 72.8 Å². The maximum atomic E-state index is 12.3. The minimum absolute atomic E-state index is 0.294. The van der Waals surface area contributed by atoms with E-state index in [1.165, 1.54) is 17.4 Å². The van der Waals surface area contributed by atoms with E-state index in [2.05, 4.69) is 15.5 Å². The highest BCUT2D eigenvalue weighted by Gasteiger charge is 2.09. The Morgan fingerprint density at radius 1 is 1.00 bits per heavy atom. The van der Waals surface area contributed by atoms with Gasteiger partial charge in [0.25, 0.3) is 0 Å². The Labute approximate surface area is 206 Å². The predicted molar refractivity (Wildman–Crippen MR) is 136 cm³/mol. The second-order valence-corrected chi connectivity index (χ2v) is 8.81. The van der Waals surface area contributed by atoms with Gasteiger partial charge in [-0.25, -0.2) is 0 Å². The van der Waals surface area contributed by atoms with Gasteiger partial charge in [-0.15, -0.1) is 10.2 Å². The molecule has 0 spiro atoms. The van der Waals surface area contributed by atoms with E-state index in [0.29, 0.717) is 34.7 Å². The Morgan fingerprint density at radius 2 is 1.79 bits per heavy atom. The highest BCUT2D eigenvalue weighted by molar-refractivity contribution is 7.15. The molecule has 0 saturated carbocycles. The molecular formula is C26H22ClN3O3S. The standard InChI is InChI=1S/C26H22ClN3O3S/c1-32-23-15-18(9-13-22(23)33-17-20-5-3-2-4-6-20)10-14-24(31)28-26-30-29-25(34-26)16-19-7-11-21(27)12-8-19/h2-15H,16-17H2,1H3,(H,28,30,31)/b14-10+. The zero-order valence-electron chi connectivity index (χ0n) is 18.4. The molecule has 0 radical (unpaired) electrons. The van der Waals surface area contributed by atoms with Gasteiger partial charge in [-0.2, -0.15) is 0 Å². The Kier molecular flexibility index (Phi) is 7.91. The van der Waals surface area contributed by atoms with Crippen LogP contribution in [0.2, 0.25) is 5.02 Å². The Balaban J connectivity index is 1.33. The molecule has 0 unspecified atom stereocenters. The van der Waals surface area contributed by atoms with Crippen LogP contribution in [-0.4, -0.2) is 23.2 Å². The summed E-state index contributed by atoms with van der Waals surface area (Å²) in [6, 6.07) is 23.0. The first kappa shape index (κ1) is 23.5. The first-order chi connectivity index (χ1) is 16.6. The Bertz CT molecular complexity index is 1270. The lowest BCUT2D eigenvalue weighted by atomic mass is 10.2. The van der Waals surface area contributed by atoms with Gasteiger partial charge in [-0.1, -0.05) is 71.5 Å². The molecule has 4 aromatic rings. The van der Waals surface area contributed by atoms with Gasteiger partial charge < -0.3 is 9.47 Å². The van der Waals surface area contributed by atoms with Crippen LogP contribution in [0, 0.1) is 0 Å². The summed E-state index contributed by atoms with van der Waals surface area (Å²) >= 11 is 7.26. The zero-order chi connectivity index (χ0) is 23.8. The van der Waals surface area contributed by atoms with Gasteiger partial charge in [0.2, 0.25) is 11.0 Å². The maximum Gasteiger partial charge on any atom is 0.250 e. The van der Waals surface area contributed by atoms with Gasteiger partial charge in [-0.05, 0) is 47.0 Å². The number of carbonyl (C=O) groups is 1. The first-order valence-electron chi connectivity index (χ1n) is 10.5. The third-order valence-corrected chi connectivity index (χ3v) is 5.91. The van der Waals surface area contributed by atoms with Crippen molar-refractivity contribution in [2.75, 3.05) is 12.4 Å².